The van der Waals surface area contributed by atoms with Crippen molar-refractivity contribution in [3.8, 4) is 0 Å². The van der Waals surface area contributed by atoms with Crippen LogP contribution in [0.5, 0.6) is 0 Å². The van der Waals surface area contributed by atoms with Crippen molar-refractivity contribution in [1.29, 1.82) is 0 Å². The van der Waals surface area contributed by atoms with Gasteiger partial charge in [-0.2, -0.15) is 0 Å². The van der Waals surface area contributed by atoms with Crippen molar-refractivity contribution in [3.05, 3.63) is 17.1 Å². The largest absolute Gasteiger partial charge is 0.462 e. The maximum Gasteiger partial charge on any atom is 0.342 e. The Morgan fingerprint density at radius 1 is 1.23 bits per heavy atom. The molecule has 5 nitrogen and oxygen atoms in total. The first-order valence-electron chi connectivity index (χ1n) is 8.06. The van der Waals surface area contributed by atoms with Crippen LogP contribution in [-0.4, -0.2) is 28.6 Å². The third-order valence-corrected chi connectivity index (χ3v) is 4.77. The summed E-state index contributed by atoms with van der Waals surface area (Å²) in [6.45, 7) is 5.83. The van der Waals surface area contributed by atoms with E-state index in [9.17, 15) is 4.79 Å². The van der Waals surface area contributed by atoms with E-state index in [-0.39, 0.29) is 5.97 Å². The molecule has 1 fully saturated rings. The number of hydrogen-bond acceptors (Lipinski definition) is 6. The predicted octanol–water partition coefficient (Wildman–Crippen LogP) is 3.59. The summed E-state index contributed by atoms with van der Waals surface area (Å²) in [6, 6.07) is 0.484. The number of aromatic nitrogens is 2. The number of hydrogen-bond donors (Lipinski definition) is 1. The number of carbonyl (C=O) groups is 1. The molecule has 0 aliphatic heterocycles. The standard InChI is InChI=1S/C16H25N3O2S/c1-4-21-16(20)14-11(2)17-12(3)18-15(14)22-19-13-9-7-5-6-8-10-13/h13,19H,4-10H2,1-3H3. The van der Waals surface area contributed by atoms with Crippen molar-refractivity contribution in [2.75, 3.05) is 6.61 Å². The van der Waals surface area contributed by atoms with E-state index in [1.807, 2.05) is 13.8 Å². The fourth-order valence-corrected chi connectivity index (χ4v) is 3.75. The van der Waals surface area contributed by atoms with E-state index in [1.54, 1.807) is 6.92 Å². The van der Waals surface area contributed by atoms with Crippen molar-refractivity contribution >= 4 is 17.9 Å². The number of rotatable bonds is 5. The summed E-state index contributed by atoms with van der Waals surface area (Å²) in [6.07, 6.45) is 7.55. The lowest BCUT2D eigenvalue weighted by Crippen LogP contribution is -2.23. The first-order valence-corrected chi connectivity index (χ1v) is 8.88. The molecule has 1 heterocycles. The normalized spacial score (nSPS) is 16.3. The van der Waals surface area contributed by atoms with Crippen molar-refractivity contribution in [3.63, 3.8) is 0 Å². The van der Waals surface area contributed by atoms with Gasteiger partial charge in [-0.05, 0) is 45.6 Å². The molecule has 1 aliphatic rings. The van der Waals surface area contributed by atoms with Crippen LogP contribution in [0.2, 0.25) is 0 Å². The van der Waals surface area contributed by atoms with Crippen LogP contribution < -0.4 is 4.72 Å². The average Bonchev–Trinajstić information content (AvgIpc) is 2.73. The summed E-state index contributed by atoms with van der Waals surface area (Å²) in [5.41, 5.74) is 1.16. The zero-order valence-corrected chi connectivity index (χ0v) is 14.5. The number of aryl methyl sites for hydroxylation is 2. The van der Waals surface area contributed by atoms with Crippen molar-refractivity contribution < 1.29 is 9.53 Å². The minimum absolute atomic E-state index is 0.342. The topological polar surface area (TPSA) is 64.1 Å². The van der Waals surface area contributed by atoms with Gasteiger partial charge in [-0.15, -0.1) is 0 Å². The maximum absolute atomic E-state index is 12.2. The van der Waals surface area contributed by atoms with E-state index in [2.05, 4.69) is 14.7 Å². The van der Waals surface area contributed by atoms with Gasteiger partial charge in [0.05, 0.1) is 12.3 Å². The van der Waals surface area contributed by atoms with Gasteiger partial charge in [0.2, 0.25) is 0 Å². The Labute approximate surface area is 136 Å². The predicted molar refractivity (Wildman–Crippen MR) is 87.9 cm³/mol. The van der Waals surface area contributed by atoms with Gasteiger partial charge in [0.15, 0.2) is 0 Å². The van der Waals surface area contributed by atoms with Crippen LogP contribution in [0.4, 0.5) is 0 Å². The highest BCUT2D eigenvalue weighted by Crippen LogP contribution is 2.25. The number of carbonyl (C=O) groups excluding carboxylic acids is 1. The van der Waals surface area contributed by atoms with Gasteiger partial charge in [-0.25, -0.2) is 14.8 Å². The van der Waals surface area contributed by atoms with Crippen molar-refractivity contribution in [2.24, 2.45) is 0 Å². The van der Waals surface area contributed by atoms with Gasteiger partial charge in [-0.1, -0.05) is 25.7 Å². The van der Waals surface area contributed by atoms with Crippen LogP contribution in [-0.2, 0) is 4.74 Å². The highest BCUT2D eigenvalue weighted by atomic mass is 32.2. The Morgan fingerprint density at radius 3 is 2.55 bits per heavy atom. The van der Waals surface area contributed by atoms with E-state index < -0.39 is 0 Å². The highest BCUT2D eigenvalue weighted by Gasteiger charge is 2.21. The molecule has 0 spiro atoms. The minimum atomic E-state index is -0.342. The quantitative estimate of drug-likeness (QED) is 0.387. The Balaban J connectivity index is 2.12. The molecule has 1 saturated carbocycles. The summed E-state index contributed by atoms with van der Waals surface area (Å²) in [4.78, 5) is 20.9. The lowest BCUT2D eigenvalue weighted by Gasteiger charge is -2.16. The summed E-state index contributed by atoms with van der Waals surface area (Å²) < 4.78 is 8.63. The lowest BCUT2D eigenvalue weighted by molar-refractivity contribution is 0.0519. The van der Waals surface area contributed by atoms with Crippen LogP contribution in [0, 0.1) is 13.8 Å². The van der Waals surface area contributed by atoms with Crippen LogP contribution in [0.15, 0.2) is 5.03 Å². The zero-order valence-electron chi connectivity index (χ0n) is 13.6. The molecule has 0 aromatic carbocycles. The van der Waals surface area contributed by atoms with Gasteiger partial charge < -0.3 is 4.74 Å². The van der Waals surface area contributed by atoms with Gasteiger partial charge in [-0.3, -0.25) is 4.72 Å². The molecule has 1 aromatic heterocycles. The summed E-state index contributed by atoms with van der Waals surface area (Å²) >= 11 is 1.44. The third kappa shape index (κ3) is 4.68. The summed E-state index contributed by atoms with van der Waals surface area (Å²) in [5, 5.41) is 0.674. The van der Waals surface area contributed by atoms with Crippen molar-refractivity contribution in [1.82, 2.24) is 14.7 Å². The molecule has 1 aromatic rings. The average molecular weight is 323 g/mol. The molecule has 2 rings (SSSR count). The second-order valence-corrected chi connectivity index (χ2v) is 6.49. The number of ether oxygens (including phenoxy) is 1. The fourth-order valence-electron chi connectivity index (χ4n) is 2.73. The second kappa shape index (κ2) is 8.48. The molecule has 1 aliphatic carbocycles. The Kier molecular flexibility index (Phi) is 6.64. The molecule has 22 heavy (non-hydrogen) atoms. The molecule has 122 valence electrons. The van der Waals surface area contributed by atoms with Crippen molar-refractivity contribution in [2.45, 2.75) is 70.4 Å². The number of esters is 1. The summed E-state index contributed by atoms with van der Waals surface area (Å²) in [7, 11) is 0. The van der Waals surface area contributed by atoms with Crippen LogP contribution >= 0.6 is 11.9 Å². The molecular weight excluding hydrogens is 298 g/mol. The van der Waals surface area contributed by atoms with Gasteiger partial charge in [0.1, 0.15) is 16.4 Å². The molecule has 0 unspecified atom stereocenters. The lowest BCUT2D eigenvalue weighted by atomic mass is 10.1. The summed E-state index contributed by atoms with van der Waals surface area (Å²) in [5.74, 6) is 0.334. The van der Waals surface area contributed by atoms with E-state index in [0.29, 0.717) is 34.8 Å². The zero-order chi connectivity index (χ0) is 15.9. The molecule has 0 radical (unpaired) electrons. The molecule has 6 heteroatoms. The molecule has 1 N–H and O–H groups in total. The Morgan fingerprint density at radius 2 is 1.91 bits per heavy atom. The Bertz CT molecular complexity index is 514. The highest BCUT2D eigenvalue weighted by molar-refractivity contribution is 7.97. The van der Waals surface area contributed by atoms with Gasteiger partial charge >= 0.3 is 5.97 Å². The van der Waals surface area contributed by atoms with Crippen LogP contribution in [0.3, 0.4) is 0 Å². The third-order valence-electron chi connectivity index (χ3n) is 3.83. The SMILES string of the molecule is CCOC(=O)c1c(C)nc(C)nc1SNC1CCCCCC1. The second-order valence-electron chi connectivity index (χ2n) is 5.67. The maximum atomic E-state index is 12.2. The monoisotopic (exact) mass is 323 g/mol. The minimum Gasteiger partial charge on any atom is -0.462 e. The van der Waals surface area contributed by atoms with E-state index in [0.717, 1.165) is 0 Å². The van der Waals surface area contributed by atoms with Gasteiger partial charge in [0, 0.05) is 6.04 Å². The number of nitrogens with zero attached hydrogens (tertiary/aromatic N) is 2. The Hall–Kier alpha value is -1.14. The molecule has 0 saturated heterocycles. The van der Waals surface area contributed by atoms with E-state index >= 15 is 0 Å². The molecule has 0 amide bonds. The number of nitrogens with one attached hydrogen (secondary N) is 1. The molecular formula is C16H25N3O2S. The first-order chi connectivity index (χ1) is 10.6. The van der Waals surface area contributed by atoms with Gasteiger partial charge in [0.25, 0.3) is 0 Å². The smallest absolute Gasteiger partial charge is 0.342 e. The van der Waals surface area contributed by atoms with Crippen LogP contribution in [0.25, 0.3) is 0 Å². The first kappa shape index (κ1) is 17.2. The van der Waals surface area contributed by atoms with E-state index in [1.165, 1.54) is 50.5 Å². The van der Waals surface area contributed by atoms with Crippen LogP contribution in [0.1, 0.15) is 67.3 Å². The van der Waals surface area contributed by atoms with E-state index in [4.69, 9.17) is 4.74 Å². The molecule has 0 atom stereocenters. The molecule has 0 bridgehead atoms. The fraction of sp³-hybridized carbons (Fsp3) is 0.688.